The van der Waals surface area contributed by atoms with Crippen molar-refractivity contribution >= 4 is 15.2 Å². The Labute approximate surface area is 190 Å². The van der Waals surface area contributed by atoms with E-state index in [1.54, 1.807) is 12.1 Å². The lowest BCUT2D eigenvalue weighted by atomic mass is 9.78. The Balaban J connectivity index is 1.47. The first-order valence-corrected chi connectivity index (χ1v) is 11.3. The molecule has 0 saturated carbocycles. The highest BCUT2D eigenvalue weighted by molar-refractivity contribution is 7.16. The van der Waals surface area contributed by atoms with Crippen molar-refractivity contribution in [1.82, 2.24) is 0 Å². The molecular weight excluding hydrogens is 422 g/mol. The SMILES string of the molecule is C=C1CCc2cc(OCc3cccc(-c4ccc(C(F)P)cc4)c3)ccc2C1CC(=O)O. The van der Waals surface area contributed by atoms with Crippen molar-refractivity contribution in [2.75, 3.05) is 0 Å². The number of alkyl halides is 1. The Kier molecular flexibility index (Phi) is 6.72. The standard InChI is InChI=1S/C27H26FO3P/c1-17-5-6-22-14-23(11-12-24(22)25(17)15-26(29)30)31-16-18-3-2-4-21(13-18)19-7-9-20(10-8-19)27(28)32/h2-4,7-14,25,27H,1,5-6,15-16,32H2,(H,29,30). The predicted molar refractivity (Wildman–Crippen MR) is 129 cm³/mol. The summed E-state index contributed by atoms with van der Waals surface area (Å²) in [4.78, 5) is 11.2. The van der Waals surface area contributed by atoms with E-state index in [0.717, 1.165) is 52.0 Å². The number of benzene rings is 3. The summed E-state index contributed by atoms with van der Waals surface area (Å²) in [6.45, 7) is 4.50. The van der Waals surface area contributed by atoms with Gasteiger partial charge in [0.25, 0.3) is 0 Å². The van der Waals surface area contributed by atoms with E-state index < -0.39 is 11.9 Å². The van der Waals surface area contributed by atoms with Gasteiger partial charge in [0, 0.05) is 5.92 Å². The molecule has 1 aliphatic rings. The average molecular weight is 448 g/mol. The Morgan fingerprint density at radius 3 is 2.59 bits per heavy atom. The molecule has 3 aromatic rings. The highest BCUT2D eigenvalue weighted by Gasteiger charge is 2.25. The Morgan fingerprint density at radius 2 is 1.88 bits per heavy atom. The van der Waals surface area contributed by atoms with Gasteiger partial charge in [-0.3, -0.25) is 4.79 Å². The number of carboxylic acids is 1. The van der Waals surface area contributed by atoms with Gasteiger partial charge < -0.3 is 9.84 Å². The molecule has 0 bridgehead atoms. The van der Waals surface area contributed by atoms with Crippen LogP contribution in [0.4, 0.5) is 4.39 Å². The molecule has 0 spiro atoms. The third kappa shape index (κ3) is 5.08. The lowest BCUT2D eigenvalue weighted by Gasteiger charge is -2.27. The molecule has 3 atom stereocenters. The van der Waals surface area contributed by atoms with Gasteiger partial charge in [-0.2, -0.15) is 0 Å². The van der Waals surface area contributed by atoms with E-state index in [1.165, 1.54) is 0 Å². The van der Waals surface area contributed by atoms with Crippen LogP contribution in [0.3, 0.4) is 0 Å². The van der Waals surface area contributed by atoms with Gasteiger partial charge in [0.05, 0.1) is 6.42 Å². The lowest BCUT2D eigenvalue weighted by molar-refractivity contribution is -0.137. The van der Waals surface area contributed by atoms with E-state index in [1.807, 2.05) is 48.5 Å². The summed E-state index contributed by atoms with van der Waals surface area (Å²) in [5.41, 5.74) is 6.92. The summed E-state index contributed by atoms with van der Waals surface area (Å²) in [6.07, 6.45) is 1.72. The lowest BCUT2D eigenvalue weighted by Crippen LogP contribution is -2.15. The van der Waals surface area contributed by atoms with Crippen molar-refractivity contribution < 1.29 is 19.0 Å². The number of rotatable bonds is 7. The minimum atomic E-state index is -1.06. The number of carboxylic acid groups (broad SMARTS) is 1. The van der Waals surface area contributed by atoms with Crippen LogP contribution in [0, 0.1) is 0 Å². The third-order valence-corrected chi connectivity index (χ3v) is 6.36. The molecule has 3 unspecified atom stereocenters. The summed E-state index contributed by atoms with van der Waals surface area (Å²) in [5, 5.41) is 9.23. The first kappa shape index (κ1) is 22.2. The average Bonchev–Trinajstić information content (AvgIpc) is 2.79. The minimum absolute atomic E-state index is 0.0723. The predicted octanol–water partition coefficient (Wildman–Crippen LogP) is 6.84. The molecule has 164 valence electrons. The van der Waals surface area contributed by atoms with Crippen molar-refractivity contribution in [1.29, 1.82) is 0 Å². The molecule has 1 N–H and O–H groups in total. The second-order valence-corrected chi connectivity index (χ2v) is 8.77. The topological polar surface area (TPSA) is 46.5 Å². The van der Waals surface area contributed by atoms with Crippen LogP contribution >= 0.6 is 9.24 Å². The van der Waals surface area contributed by atoms with Crippen molar-refractivity contribution in [2.45, 2.75) is 37.7 Å². The number of allylic oxidation sites excluding steroid dienone is 1. The maximum Gasteiger partial charge on any atom is 0.304 e. The molecular formula is C27H26FO3P. The molecule has 32 heavy (non-hydrogen) atoms. The largest absolute Gasteiger partial charge is 0.489 e. The number of aliphatic carboxylic acids is 1. The summed E-state index contributed by atoms with van der Waals surface area (Å²) >= 11 is 0. The Morgan fingerprint density at radius 1 is 1.09 bits per heavy atom. The number of halogens is 1. The van der Waals surface area contributed by atoms with Gasteiger partial charge in [-0.05, 0) is 64.4 Å². The number of hydrogen-bond acceptors (Lipinski definition) is 2. The first-order valence-electron chi connectivity index (χ1n) is 10.6. The second kappa shape index (κ2) is 9.67. The minimum Gasteiger partial charge on any atom is -0.489 e. The number of aryl methyl sites for hydroxylation is 1. The highest BCUT2D eigenvalue weighted by Crippen LogP contribution is 2.38. The van der Waals surface area contributed by atoms with Crippen LogP contribution < -0.4 is 4.74 Å². The van der Waals surface area contributed by atoms with Crippen LogP contribution in [0.5, 0.6) is 5.75 Å². The molecule has 0 amide bonds. The maximum atomic E-state index is 13.4. The Bertz CT molecular complexity index is 1140. The second-order valence-electron chi connectivity index (χ2n) is 8.18. The molecule has 0 fully saturated rings. The van der Waals surface area contributed by atoms with Crippen LogP contribution in [0.25, 0.3) is 11.1 Å². The van der Waals surface area contributed by atoms with Gasteiger partial charge >= 0.3 is 5.97 Å². The number of ether oxygens (including phenoxy) is 1. The molecule has 0 saturated heterocycles. The highest BCUT2D eigenvalue weighted by atomic mass is 31.0. The van der Waals surface area contributed by atoms with Gasteiger partial charge in [0.15, 0.2) is 0 Å². The van der Waals surface area contributed by atoms with Crippen molar-refractivity contribution in [3.63, 3.8) is 0 Å². The van der Waals surface area contributed by atoms with Gasteiger partial charge in [0.2, 0.25) is 0 Å². The van der Waals surface area contributed by atoms with Gasteiger partial charge in [0.1, 0.15) is 18.3 Å². The molecule has 0 radical (unpaired) electrons. The molecule has 1 aliphatic carbocycles. The Hall–Kier alpha value is -2.97. The van der Waals surface area contributed by atoms with Crippen molar-refractivity contribution in [3.05, 3.63) is 101 Å². The fourth-order valence-electron chi connectivity index (χ4n) is 4.21. The van der Waals surface area contributed by atoms with Crippen LogP contribution in [-0.2, 0) is 17.8 Å². The molecule has 0 heterocycles. The summed E-state index contributed by atoms with van der Waals surface area (Å²) in [7, 11) is 2.16. The van der Waals surface area contributed by atoms with E-state index in [2.05, 4.69) is 21.9 Å². The molecule has 4 rings (SSSR count). The quantitative estimate of drug-likeness (QED) is 0.318. The fraction of sp³-hybridized carbons (Fsp3) is 0.222. The van der Waals surface area contributed by atoms with E-state index in [4.69, 9.17) is 4.74 Å². The summed E-state index contributed by atoms with van der Waals surface area (Å²) < 4.78 is 19.5. The van der Waals surface area contributed by atoms with E-state index in [0.29, 0.717) is 12.2 Å². The zero-order chi connectivity index (χ0) is 22.7. The molecule has 3 aromatic carbocycles. The fourth-order valence-corrected chi connectivity index (χ4v) is 4.44. The molecule has 0 aliphatic heterocycles. The molecule has 0 aromatic heterocycles. The van der Waals surface area contributed by atoms with Crippen LogP contribution in [-0.4, -0.2) is 11.1 Å². The van der Waals surface area contributed by atoms with Gasteiger partial charge in [-0.25, -0.2) is 4.39 Å². The van der Waals surface area contributed by atoms with Gasteiger partial charge in [-0.15, -0.1) is 0 Å². The number of hydrogen-bond donors (Lipinski definition) is 1. The first-order chi connectivity index (χ1) is 15.4. The van der Waals surface area contributed by atoms with Crippen LogP contribution in [0.15, 0.2) is 78.9 Å². The van der Waals surface area contributed by atoms with E-state index in [-0.39, 0.29) is 12.3 Å². The van der Waals surface area contributed by atoms with Gasteiger partial charge in [-0.1, -0.05) is 69.9 Å². The van der Waals surface area contributed by atoms with E-state index >= 15 is 0 Å². The maximum absolute atomic E-state index is 13.4. The number of carbonyl (C=O) groups is 1. The molecule has 5 heteroatoms. The summed E-state index contributed by atoms with van der Waals surface area (Å²) in [5.74, 6) is -1.23. The number of fused-ring (bicyclic) bond motifs is 1. The van der Waals surface area contributed by atoms with Crippen molar-refractivity contribution in [3.8, 4) is 16.9 Å². The zero-order valence-corrected chi connectivity index (χ0v) is 18.9. The normalized spacial score (nSPS) is 16.3. The third-order valence-electron chi connectivity index (χ3n) is 5.97. The molecule has 3 nitrogen and oxygen atoms in total. The van der Waals surface area contributed by atoms with Crippen molar-refractivity contribution in [2.24, 2.45) is 0 Å². The van der Waals surface area contributed by atoms with Crippen LogP contribution in [0.2, 0.25) is 0 Å². The van der Waals surface area contributed by atoms with Crippen LogP contribution in [0.1, 0.15) is 46.9 Å². The van der Waals surface area contributed by atoms with E-state index in [9.17, 15) is 14.3 Å². The summed E-state index contributed by atoms with van der Waals surface area (Å²) in [6, 6.07) is 21.5. The monoisotopic (exact) mass is 448 g/mol. The zero-order valence-electron chi connectivity index (χ0n) is 17.8. The smallest absolute Gasteiger partial charge is 0.304 e.